The zero-order valence-electron chi connectivity index (χ0n) is 24.5. The van der Waals surface area contributed by atoms with Crippen LogP contribution in [0.4, 0.5) is 0 Å². The van der Waals surface area contributed by atoms with E-state index in [4.69, 9.17) is 0 Å². The van der Waals surface area contributed by atoms with E-state index < -0.39 is 28.9 Å². The van der Waals surface area contributed by atoms with Gasteiger partial charge in [-0.2, -0.15) is 0 Å². The molecule has 0 radical (unpaired) electrons. The number of carboxylic acid groups (broad SMARTS) is 1. The normalized spacial score (nSPS) is 15.7. The van der Waals surface area contributed by atoms with Crippen LogP contribution in [0.25, 0.3) is 0 Å². The number of nitrogens with zero attached hydrogens (tertiary/aromatic N) is 1. The van der Waals surface area contributed by atoms with Gasteiger partial charge in [-0.1, -0.05) is 90.4 Å². The minimum absolute atomic E-state index is 0.0702. The van der Waals surface area contributed by atoms with Gasteiger partial charge in [0.25, 0.3) is 0 Å². The summed E-state index contributed by atoms with van der Waals surface area (Å²) in [4.78, 5) is 40.4. The van der Waals surface area contributed by atoms with Gasteiger partial charge < -0.3 is 20.6 Å². The van der Waals surface area contributed by atoms with Crippen molar-refractivity contribution in [3.8, 4) is 0 Å². The second-order valence-electron chi connectivity index (χ2n) is 11.8. The van der Waals surface area contributed by atoms with E-state index in [1.807, 2.05) is 91.8 Å². The lowest BCUT2D eigenvalue weighted by molar-refractivity contribution is -0.140. The van der Waals surface area contributed by atoms with Crippen molar-refractivity contribution in [3.63, 3.8) is 0 Å². The number of carbonyl (C=O) groups is 3. The molecule has 0 aromatic heterocycles. The summed E-state index contributed by atoms with van der Waals surface area (Å²) in [5.74, 6) is -1.35. The average molecular weight is 514 g/mol. The Labute approximate surface area is 223 Å². The Morgan fingerprint density at radius 2 is 1.51 bits per heavy atom. The van der Waals surface area contributed by atoms with Crippen LogP contribution >= 0.6 is 0 Å². The number of hydrogen-bond acceptors (Lipinski definition) is 4. The first-order valence-corrected chi connectivity index (χ1v) is 12.8. The van der Waals surface area contributed by atoms with Crippen molar-refractivity contribution < 1.29 is 19.5 Å². The molecule has 0 saturated carbocycles. The molecule has 0 bridgehead atoms. The smallest absolute Gasteiger partial charge is 0.331 e. The summed E-state index contributed by atoms with van der Waals surface area (Å²) >= 11 is 0. The number of aliphatic carboxylic acids is 1. The van der Waals surface area contributed by atoms with E-state index in [2.05, 4.69) is 10.6 Å². The van der Waals surface area contributed by atoms with Crippen LogP contribution in [-0.4, -0.2) is 60.0 Å². The molecule has 0 aliphatic rings. The van der Waals surface area contributed by atoms with Gasteiger partial charge >= 0.3 is 5.97 Å². The molecule has 0 spiro atoms. The number of allylic oxidation sites excluding steroid dienone is 2. The summed E-state index contributed by atoms with van der Waals surface area (Å²) in [6.07, 6.45) is 3.51. The molecular formula is C30H47N3O4. The highest BCUT2D eigenvalue weighted by Gasteiger charge is 2.41. The second-order valence-corrected chi connectivity index (χ2v) is 11.8. The Kier molecular flexibility index (Phi) is 11.3. The van der Waals surface area contributed by atoms with Gasteiger partial charge in [0.05, 0.1) is 12.1 Å². The molecule has 206 valence electrons. The van der Waals surface area contributed by atoms with E-state index in [1.165, 1.54) is 0 Å². The van der Waals surface area contributed by atoms with Crippen LogP contribution in [0, 0.1) is 11.3 Å². The van der Waals surface area contributed by atoms with Gasteiger partial charge in [0.2, 0.25) is 11.8 Å². The van der Waals surface area contributed by atoms with Gasteiger partial charge in [-0.05, 0) is 43.9 Å². The number of amides is 2. The standard InChI is InChI=1S/C30H47N3O4/c1-19(2)23(18-20(3)17-21(4)28(36)37)33(11)27(35)25(29(5,6)7)32-26(34)24(31-10)30(8,9)22-15-13-12-14-16-22/h12-19,23-25,31H,1-11H3,(H,32,34)(H,36,37). The maximum absolute atomic E-state index is 13.9. The number of hydrogen-bond donors (Lipinski definition) is 3. The van der Waals surface area contributed by atoms with Crippen LogP contribution in [-0.2, 0) is 19.8 Å². The Morgan fingerprint density at radius 1 is 0.973 bits per heavy atom. The molecule has 3 N–H and O–H groups in total. The highest BCUT2D eigenvalue weighted by atomic mass is 16.4. The molecule has 0 aliphatic carbocycles. The topological polar surface area (TPSA) is 98.7 Å². The van der Waals surface area contributed by atoms with Gasteiger partial charge in [0.1, 0.15) is 6.04 Å². The number of carbonyl (C=O) groups excluding carboxylic acids is 2. The second kappa shape index (κ2) is 13.0. The molecule has 2 amide bonds. The zero-order chi connectivity index (χ0) is 28.7. The lowest BCUT2D eigenvalue weighted by Crippen LogP contribution is -2.61. The molecule has 7 heteroatoms. The van der Waals surface area contributed by atoms with Crippen LogP contribution in [0.5, 0.6) is 0 Å². The first-order chi connectivity index (χ1) is 16.9. The van der Waals surface area contributed by atoms with E-state index >= 15 is 0 Å². The fourth-order valence-electron chi connectivity index (χ4n) is 4.55. The summed E-state index contributed by atoms with van der Waals surface area (Å²) in [6.45, 7) is 17.2. The summed E-state index contributed by atoms with van der Waals surface area (Å²) in [6, 6.07) is 8.23. The summed E-state index contributed by atoms with van der Waals surface area (Å²) in [5.41, 5.74) is 0.937. The maximum Gasteiger partial charge on any atom is 0.331 e. The molecule has 7 nitrogen and oxygen atoms in total. The van der Waals surface area contributed by atoms with E-state index in [0.717, 1.165) is 11.1 Å². The molecule has 0 heterocycles. The third-order valence-electron chi connectivity index (χ3n) is 6.88. The van der Waals surface area contributed by atoms with Crippen LogP contribution in [0.1, 0.15) is 67.9 Å². The fourth-order valence-corrected chi connectivity index (χ4v) is 4.55. The van der Waals surface area contributed by atoms with Crippen LogP contribution < -0.4 is 10.6 Å². The van der Waals surface area contributed by atoms with E-state index in [-0.39, 0.29) is 29.3 Å². The Bertz CT molecular complexity index is 1000. The van der Waals surface area contributed by atoms with Crippen molar-refractivity contribution in [1.29, 1.82) is 0 Å². The molecule has 1 aromatic carbocycles. The molecule has 1 rings (SSSR count). The number of benzene rings is 1. The first-order valence-electron chi connectivity index (χ1n) is 12.8. The molecule has 3 unspecified atom stereocenters. The largest absolute Gasteiger partial charge is 0.478 e. The fraction of sp³-hybridized carbons (Fsp3) is 0.567. The predicted molar refractivity (Wildman–Crippen MR) is 150 cm³/mol. The minimum atomic E-state index is -0.980. The quantitative estimate of drug-likeness (QED) is 0.298. The average Bonchev–Trinajstić information content (AvgIpc) is 2.79. The van der Waals surface area contributed by atoms with Crippen LogP contribution in [0.3, 0.4) is 0 Å². The van der Waals surface area contributed by atoms with E-state index in [0.29, 0.717) is 0 Å². The Balaban J connectivity index is 3.32. The summed E-state index contributed by atoms with van der Waals surface area (Å²) < 4.78 is 0. The van der Waals surface area contributed by atoms with Crippen molar-refractivity contribution in [2.75, 3.05) is 14.1 Å². The SMILES string of the molecule is CNC(C(=O)NC(C(=O)N(C)C(C=C(C)C=C(C)C(=O)O)C(C)C)C(C)(C)C)C(C)(C)c1ccccc1. The van der Waals surface area contributed by atoms with Crippen molar-refractivity contribution >= 4 is 17.8 Å². The van der Waals surface area contributed by atoms with Crippen LogP contribution in [0.15, 0.2) is 53.6 Å². The molecular weight excluding hydrogens is 466 g/mol. The molecule has 0 saturated heterocycles. The van der Waals surface area contributed by atoms with Gasteiger partial charge in [-0.3, -0.25) is 9.59 Å². The van der Waals surface area contributed by atoms with Gasteiger partial charge in [0.15, 0.2) is 0 Å². The number of carboxylic acids is 1. The maximum atomic E-state index is 13.9. The third kappa shape index (κ3) is 8.56. The monoisotopic (exact) mass is 513 g/mol. The lowest BCUT2D eigenvalue weighted by Gasteiger charge is -2.40. The molecule has 37 heavy (non-hydrogen) atoms. The minimum Gasteiger partial charge on any atom is -0.478 e. The molecule has 0 aliphatic heterocycles. The number of likely N-dealkylation sites (N-methyl/N-ethyl adjacent to an activating group) is 2. The van der Waals surface area contributed by atoms with E-state index in [1.54, 1.807) is 32.0 Å². The van der Waals surface area contributed by atoms with Gasteiger partial charge in [-0.25, -0.2) is 4.79 Å². The van der Waals surface area contributed by atoms with Crippen molar-refractivity contribution in [2.24, 2.45) is 11.3 Å². The zero-order valence-corrected chi connectivity index (χ0v) is 24.5. The highest BCUT2D eigenvalue weighted by molar-refractivity contribution is 5.91. The van der Waals surface area contributed by atoms with Crippen molar-refractivity contribution in [1.82, 2.24) is 15.5 Å². The van der Waals surface area contributed by atoms with E-state index in [9.17, 15) is 19.5 Å². The predicted octanol–water partition coefficient (Wildman–Crippen LogP) is 4.54. The van der Waals surface area contributed by atoms with Gasteiger partial charge in [-0.15, -0.1) is 0 Å². The first kappa shape index (κ1) is 32.1. The number of rotatable bonds is 11. The molecule has 1 aromatic rings. The summed E-state index contributed by atoms with van der Waals surface area (Å²) in [5, 5.41) is 15.4. The Hall–Kier alpha value is -2.93. The molecule has 3 atom stereocenters. The Morgan fingerprint density at radius 3 is 1.95 bits per heavy atom. The van der Waals surface area contributed by atoms with Crippen molar-refractivity contribution in [3.05, 3.63) is 59.2 Å². The lowest BCUT2D eigenvalue weighted by atomic mass is 9.76. The van der Waals surface area contributed by atoms with Crippen molar-refractivity contribution in [2.45, 2.75) is 85.9 Å². The summed E-state index contributed by atoms with van der Waals surface area (Å²) in [7, 11) is 3.49. The number of nitrogens with one attached hydrogen (secondary N) is 2. The molecule has 0 fully saturated rings. The van der Waals surface area contributed by atoms with Crippen LogP contribution in [0.2, 0.25) is 0 Å². The third-order valence-corrected chi connectivity index (χ3v) is 6.88. The highest BCUT2D eigenvalue weighted by Crippen LogP contribution is 2.29. The van der Waals surface area contributed by atoms with Gasteiger partial charge in [0, 0.05) is 18.0 Å².